The van der Waals surface area contributed by atoms with Gasteiger partial charge >= 0.3 is 0 Å². The average Bonchev–Trinajstić information content (AvgIpc) is 2.52. The van der Waals surface area contributed by atoms with E-state index >= 15 is 0 Å². The maximum absolute atomic E-state index is 9.25. The number of fused-ring (bicyclic) bond motifs is 1. The Kier molecular flexibility index (Phi) is 4.60. The first kappa shape index (κ1) is 14.8. The monoisotopic (exact) mass is 275 g/mol. The van der Waals surface area contributed by atoms with E-state index in [4.69, 9.17) is 10.5 Å². The van der Waals surface area contributed by atoms with Crippen LogP contribution < -0.4 is 10.5 Å². The highest BCUT2D eigenvalue weighted by molar-refractivity contribution is 5.91. The standard InChI is InChI=1S/C16H21NO3/c1-20-15-7-6-12(8-9-16(17,10-18)11-19)13-4-2-3-5-14(13)15/h2-7,18-19H,8-11,17H2,1H3. The van der Waals surface area contributed by atoms with E-state index in [1.54, 1.807) is 7.11 Å². The summed E-state index contributed by atoms with van der Waals surface area (Å²) < 4.78 is 5.37. The summed E-state index contributed by atoms with van der Waals surface area (Å²) in [7, 11) is 1.66. The summed E-state index contributed by atoms with van der Waals surface area (Å²) in [5, 5.41) is 20.7. The lowest BCUT2D eigenvalue weighted by Crippen LogP contribution is -2.47. The number of aryl methyl sites for hydroxylation is 1. The number of nitrogens with two attached hydrogens (primary N) is 1. The summed E-state index contributed by atoms with van der Waals surface area (Å²) in [5.74, 6) is 0.840. The zero-order valence-corrected chi connectivity index (χ0v) is 11.7. The minimum atomic E-state index is -0.930. The summed E-state index contributed by atoms with van der Waals surface area (Å²) >= 11 is 0. The van der Waals surface area contributed by atoms with Crippen LogP contribution in [0.5, 0.6) is 5.75 Å². The van der Waals surface area contributed by atoms with Gasteiger partial charge in [0.25, 0.3) is 0 Å². The molecule has 4 N–H and O–H groups in total. The van der Waals surface area contributed by atoms with Gasteiger partial charge in [-0.05, 0) is 29.9 Å². The van der Waals surface area contributed by atoms with Crippen LogP contribution in [0.4, 0.5) is 0 Å². The van der Waals surface area contributed by atoms with Crippen LogP contribution in [0.15, 0.2) is 36.4 Å². The maximum Gasteiger partial charge on any atom is 0.126 e. The van der Waals surface area contributed by atoms with Crippen molar-refractivity contribution in [2.75, 3.05) is 20.3 Å². The minimum absolute atomic E-state index is 0.225. The molecule has 2 rings (SSSR count). The maximum atomic E-state index is 9.25. The summed E-state index contributed by atoms with van der Waals surface area (Å²) in [6.45, 7) is -0.449. The SMILES string of the molecule is COc1ccc(CCC(N)(CO)CO)c2ccccc12. The molecule has 2 aromatic carbocycles. The van der Waals surface area contributed by atoms with Crippen LogP contribution in [0.3, 0.4) is 0 Å². The van der Waals surface area contributed by atoms with E-state index in [-0.39, 0.29) is 13.2 Å². The van der Waals surface area contributed by atoms with Crippen LogP contribution >= 0.6 is 0 Å². The summed E-state index contributed by atoms with van der Waals surface area (Å²) in [6.07, 6.45) is 1.22. The lowest BCUT2D eigenvalue weighted by molar-refractivity contribution is 0.115. The van der Waals surface area contributed by atoms with Gasteiger partial charge in [-0.1, -0.05) is 30.3 Å². The third kappa shape index (κ3) is 2.93. The molecular formula is C16H21NO3. The Morgan fingerprint density at radius 3 is 2.30 bits per heavy atom. The van der Waals surface area contributed by atoms with Crippen LogP contribution in [-0.2, 0) is 6.42 Å². The molecule has 0 aliphatic heterocycles. The van der Waals surface area contributed by atoms with Gasteiger partial charge in [0.15, 0.2) is 0 Å². The van der Waals surface area contributed by atoms with Gasteiger partial charge in [-0.2, -0.15) is 0 Å². The molecule has 0 amide bonds. The van der Waals surface area contributed by atoms with Gasteiger partial charge in [0, 0.05) is 5.39 Å². The fourth-order valence-electron chi connectivity index (χ4n) is 2.32. The highest BCUT2D eigenvalue weighted by Crippen LogP contribution is 2.29. The predicted octanol–water partition coefficient (Wildman–Crippen LogP) is 1.46. The van der Waals surface area contributed by atoms with Crippen molar-refractivity contribution < 1.29 is 14.9 Å². The van der Waals surface area contributed by atoms with Gasteiger partial charge in [-0.25, -0.2) is 0 Å². The molecule has 0 saturated carbocycles. The van der Waals surface area contributed by atoms with Crippen LogP contribution in [-0.4, -0.2) is 36.1 Å². The number of aliphatic hydroxyl groups excluding tert-OH is 2. The second-order valence-electron chi connectivity index (χ2n) is 5.15. The molecule has 4 nitrogen and oxygen atoms in total. The van der Waals surface area contributed by atoms with Crippen LogP contribution in [0.2, 0.25) is 0 Å². The van der Waals surface area contributed by atoms with Crippen molar-refractivity contribution in [3.05, 3.63) is 42.0 Å². The molecule has 2 aromatic rings. The van der Waals surface area contributed by atoms with E-state index in [2.05, 4.69) is 0 Å². The van der Waals surface area contributed by atoms with Crippen molar-refractivity contribution >= 4 is 10.8 Å². The number of benzene rings is 2. The second-order valence-corrected chi connectivity index (χ2v) is 5.15. The molecule has 0 fully saturated rings. The molecule has 0 radical (unpaired) electrons. The number of aliphatic hydroxyl groups is 2. The van der Waals surface area contributed by atoms with Gasteiger partial charge in [-0.3, -0.25) is 0 Å². The molecule has 108 valence electrons. The predicted molar refractivity (Wildman–Crippen MR) is 79.9 cm³/mol. The zero-order valence-electron chi connectivity index (χ0n) is 11.7. The van der Waals surface area contributed by atoms with Crippen molar-refractivity contribution in [2.24, 2.45) is 5.73 Å². The van der Waals surface area contributed by atoms with Crippen LogP contribution in [0, 0.1) is 0 Å². The largest absolute Gasteiger partial charge is 0.496 e. The number of hydrogen-bond acceptors (Lipinski definition) is 4. The van der Waals surface area contributed by atoms with Gasteiger partial charge in [0.2, 0.25) is 0 Å². The molecule has 0 aliphatic carbocycles. The molecule has 20 heavy (non-hydrogen) atoms. The Morgan fingerprint density at radius 2 is 1.70 bits per heavy atom. The summed E-state index contributed by atoms with van der Waals surface area (Å²) in [5.41, 5.74) is 6.13. The Hall–Kier alpha value is -1.62. The van der Waals surface area contributed by atoms with E-state index in [1.165, 1.54) is 0 Å². The molecule has 0 atom stereocenters. The Bertz CT molecular complexity index is 579. The van der Waals surface area contributed by atoms with Crippen molar-refractivity contribution in [2.45, 2.75) is 18.4 Å². The number of methoxy groups -OCH3 is 1. The minimum Gasteiger partial charge on any atom is -0.496 e. The Labute approximate surface area is 118 Å². The lowest BCUT2D eigenvalue weighted by atomic mass is 9.91. The molecular weight excluding hydrogens is 254 g/mol. The van der Waals surface area contributed by atoms with E-state index in [0.717, 1.165) is 22.1 Å². The third-order valence-corrected chi connectivity index (χ3v) is 3.72. The van der Waals surface area contributed by atoms with E-state index in [9.17, 15) is 10.2 Å². The number of rotatable bonds is 6. The molecule has 0 aliphatic rings. The van der Waals surface area contributed by atoms with Crippen molar-refractivity contribution in [1.82, 2.24) is 0 Å². The van der Waals surface area contributed by atoms with Crippen molar-refractivity contribution in [1.29, 1.82) is 0 Å². The quantitative estimate of drug-likeness (QED) is 0.746. The normalized spacial score (nSPS) is 11.8. The summed E-state index contributed by atoms with van der Waals surface area (Å²) in [4.78, 5) is 0. The third-order valence-electron chi connectivity index (χ3n) is 3.72. The molecule has 0 heterocycles. The van der Waals surface area contributed by atoms with Gasteiger partial charge in [0.1, 0.15) is 5.75 Å². The number of ether oxygens (including phenoxy) is 1. The zero-order chi connectivity index (χ0) is 14.6. The highest BCUT2D eigenvalue weighted by atomic mass is 16.5. The van der Waals surface area contributed by atoms with E-state index in [1.807, 2.05) is 36.4 Å². The van der Waals surface area contributed by atoms with Crippen LogP contribution in [0.1, 0.15) is 12.0 Å². The first-order valence-corrected chi connectivity index (χ1v) is 6.69. The Balaban J connectivity index is 2.32. The smallest absolute Gasteiger partial charge is 0.126 e. The van der Waals surface area contributed by atoms with Crippen molar-refractivity contribution in [3.63, 3.8) is 0 Å². The first-order chi connectivity index (χ1) is 9.63. The molecule has 0 bridgehead atoms. The van der Waals surface area contributed by atoms with E-state index < -0.39 is 5.54 Å². The van der Waals surface area contributed by atoms with Gasteiger partial charge < -0.3 is 20.7 Å². The lowest BCUT2D eigenvalue weighted by Gasteiger charge is -2.24. The fourth-order valence-corrected chi connectivity index (χ4v) is 2.32. The van der Waals surface area contributed by atoms with E-state index in [0.29, 0.717) is 12.8 Å². The molecule has 0 spiro atoms. The molecule has 0 saturated heterocycles. The fraction of sp³-hybridized carbons (Fsp3) is 0.375. The first-order valence-electron chi connectivity index (χ1n) is 6.69. The number of hydrogen-bond donors (Lipinski definition) is 3. The van der Waals surface area contributed by atoms with Gasteiger partial charge in [-0.15, -0.1) is 0 Å². The summed E-state index contributed by atoms with van der Waals surface area (Å²) in [6, 6.07) is 12.0. The molecule has 0 aromatic heterocycles. The van der Waals surface area contributed by atoms with Crippen LogP contribution in [0.25, 0.3) is 10.8 Å². The Morgan fingerprint density at radius 1 is 1.05 bits per heavy atom. The van der Waals surface area contributed by atoms with Gasteiger partial charge in [0.05, 0.1) is 25.9 Å². The highest BCUT2D eigenvalue weighted by Gasteiger charge is 2.23. The topological polar surface area (TPSA) is 75.7 Å². The average molecular weight is 275 g/mol. The molecule has 0 unspecified atom stereocenters. The van der Waals surface area contributed by atoms with Crippen molar-refractivity contribution in [3.8, 4) is 5.75 Å². The second kappa shape index (κ2) is 6.22. The molecule has 4 heteroatoms.